The lowest BCUT2D eigenvalue weighted by molar-refractivity contribution is 0.122. The average molecular weight is 504 g/mol. The fraction of sp³-hybridized carbons (Fsp3) is 0.467. The smallest absolute Gasteiger partial charge is 0.231 e. The number of anilines is 2. The zero-order chi connectivity index (χ0) is 26.0. The van der Waals surface area contributed by atoms with E-state index in [0.29, 0.717) is 30.7 Å². The van der Waals surface area contributed by atoms with Gasteiger partial charge in [-0.15, -0.1) is 0 Å². The van der Waals surface area contributed by atoms with E-state index < -0.39 is 0 Å². The first-order valence-corrected chi connectivity index (χ1v) is 13.6. The van der Waals surface area contributed by atoms with Crippen LogP contribution in [0.3, 0.4) is 0 Å². The SMILES string of the molecule is C\C=C/C(=C\C=C\CC)c1cc2nc(N/C(=C/C(=C\C)C3CCCC3)NC)nc(N3CCOCC3)c2o1. The second kappa shape index (κ2) is 13.3. The van der Waals surface area contributed by atoms with Gasteiger partial charge in [-0.2, -0.15) is 4.98 Å². The molecule has 2 aromatic rings. The largest absolute Gasteiger partial charge is 0.450 e. The maximum Gasteiger partial charge on any atom is 0.231 e. The molecule has 4 rings (SSSR count). The Kier molecular flexibility index (Phi) is 9.60. The predicted molar refractivity (Wildman–Crippen MR) is 154 cm³/mol. The van der Waals surface area contributed by atoms with Crippen LogP contribution in [0.4, 0.5) is 11.8 Å². The molecule has 1 saturated carbocycles. The minimum Gasteiger partial charge on any atom is -0.450 e. The lowest BCUT2D eigenvalue weighted by atomic mass is 9.97. The highest BCUT2D eigenvalue weighted by Crippen LogP contribution is 2.34. The van der Waals surface area contributed by atoms with Crippen LogP contribution in [0.25, 0.3) is 16.7 Å². The molecule has 0 aromatic carbocycles. The number of ether oxygens (including phenoxy) is 1. The van der Waals surface area contributed by atoms with Crippen molar-refractivity contribution in [2.75, 3.05) is 43.6 Å². The van der Waals surface area contributed by atoms with Crippen LogP contribution < -0.4 is 15.5 Å². The second-order valence-electron chi connectivity index (χ2n) is 9.46. The first kappa shape index (κ1) is 26.7. The number of morpholine rings is 1. The third-order valence-corrected chi connectivity index (χ3v) is 6.93. The van der Waals surface area contributed by atoms with Crippen LogP contribution in [-0.4, -0.2) is 43.3 Å². The predicted octanol–water partition coefficient (Wildman–Crippen LogP) is 6.59. The van der Waals surface area contributed by atoms with E-state index in [1.54, 1.807) is 0 Å². The third kappa shape index (κ3) is 6.72. The Labute approximate surface area is 221 Å². The molecule has 1 saturated heterocycles. The van der Waals surface area contributed by atoms with Crippen LogP contribution in [0.5, 0.6) is 0 Å². The van der Waals surface area contributed by atoms with Crippen molar-refractivity contribution in [2.24, 2.45) is 5.92 Å². The molecule has 2 N–H and O–H groups in total. The first-order chi connectivity index (χ1) is 18.2. The molecule has 7 heteroatoms. The monoisotopic (exact) mass is 503 g/mol. The van der Waals surface area contributed by atoms with E-state index in [1.807, 2.05) is 26.1 Å². The van der Waals surface area contributed by atoms with E-state index in [1.165, 1.54) is 31.3 Å². The molecule has 0 bridgehead atoms. The van der Waals surface area contributed by atoms with E-state index >= 15 is 0 Å². The van der Waals surface area contributed by atoms with Gasteiger partial charge in [0.1, 0.15) is 17.1 Å². The molecule has 0 unspecified atom stereocenters. The number of nitrogens with one attached hydrogen (secondary N) is 2. The van der Waals surface area contributed by atoms with Gasteiger partial charge >= 0.3 is 0 Å². The topological polar surface area (TPSA) is 75.5 Å². The van der Waals surface area contributed by atoms with Crippen LogP contribution in [-0.2, 0) is 4.74 Å². The molecule has 7 nitrogen and oxygen atoms in total. The zero-order valence-electron chi connectivity index (χ0n) is 22.7. The van der Waals surface area contributed by atoms with E-state index in [2.05, 4.69) is 65.8 Å². The van der Waals surface area contributed by atoms with E-state index in [0.717, 1.165) is 48.0 Å². The van der Waals surface area contributed by atoms with Gasteiger partial charge in [0.25, 0.3) is 0 Å². The van der Waals surface area contributed by atoms with Crippen LogP contribution in [0.1, 0.15) is 58.6 Å². The standard InChI is InChI=1S/C30H41N5O2/c1-5-8-9-15-24(12-6-2)26-21-25-28(37-26)29(35-16-18-36-19-17-35)34-30(32-25)33-27(31-4)20-22(7-3)23-13-10-11-14-23/h6-9,12,15,20-21,23,31H,5,10-11,13-14,16-19H2,1-4H3,(H,32,33,34)/b9-8+,12-6-,22-7+,24-15+,27-20+. The summed E-state index contributed by atoms with van der Waals surface area (Å²) in [6.07, 6.45) is 20.9. The van der Waals surface area contributed by atoms with Crippen molar-refractivity contribution in [2.45, 2.75) is 52.9 Å². The third-order valence-electron chi connectivity index (χ3n) is 6.93. The van der Waals surface area contributed by atoms with Crippen molar-refractivity contribution in [1.29, 1.82) is 0 Å². The van der Waals surface area contributed by atoms with E-state index in [-0.39, 0.29) is 0 Å². The van der Waals surface area contributed by atoms with Crippen molar-refractivity contribution in [3.63, 3.8) is 0 Å². The molecule has 0 radical (unpaired) electrons. The summed E-state index contributed by atoms with van der Waals surface area (Å²) >= 11 is 0. The summed E-state index contributed by atoms with van der Waals surface area (Å²) in [5.74, 6) is 3.62. The molecular weight excluding hydrogens is 462 g/mol. The minimum absolute atomic E-state index is 0.547. The summed E-state index contributed by atoms with van der Waals surface area (Å²) in [5, 5.41) is 6.74. The fourth-order valence-corrected chi connectivity index (χ4v) is 4.96. The van der Waals surface area contributed by atoms with Gasteiger partial charge in [-0.05, 0) is 50.7 Å². The van der Waals surface area contributed by atoms with Crippen LogP contribution in [0, 0.1) is 5.92 Å². The van der Waals surface area contributed by atoms with Crippen molar-refractivity contribution >= 4 is 28.4 Å². The summed E-state index contributed by atoms with van der Waals surface area (Å²) in [4.78, 5) is 12.0. The summed E-state index contributed by atoms with van der Waals surface area (Å²) in [6, 6.07) is 2.01. The Bertz CT molecular complexity index is 1190. The van der Waals surface area contributed by atoms with Crippen molar-refractivity contribution in [1.82, 2.24) is 15.3 Å². The van der Waals surface area contributed by atoms with Crippen molar-refractivity contribution in [3.8, 4) is 0 Å². The summed E-state index contributed by atoms with van der Waals surface area (Å²) in [7, 11) is 1.93. The van der Waals surface area contributed by atoms with Gasteiger partial charge in [-0.1, -0.05) is 56.2 Å². The maximum absolute atomic E-state index is 6.41. The van der Waals surface area contributed by atoms with Crippen molar-refractivity contribution in [3.05, 3.63) is 65.8 Å². The van der Waals surface area contributed by atoms with Gasteiger partial charge < -0.3 is 24.7 Å². The number of aromatic nitrogens is 2. The molecule has 0 atom stereocenters. The van der Waals surface area contributed by atoms with Gasteiger partial charge in [0.05, 0.1) is 13.2 Å². The Morgan fingerprint density at radius 1 is 1.16 bits per heavy atom. The second-order valence-corrected chi connectivity index (χ2v) is 9.46. The number of furan rings is 1. The van der Waals surface area contributed by atoms with Gasteiger partial charge in [0.2, 0.25) is 5.95 Å². The normalized spacial score (nSPS) is 18.6. The van der Waals surface area contributed by atoms with E-state index in [4.69, 9.17) is 19.1 Å². The molecule has 0 amide bonds. The maximum atomic E-state index is 6.41. The van der Waals surface area contributed by atoms with Gasteiger partial charge in [-0.3, -0.25) is 0 Å². The van der Waals surface area contributed by atoms with Gasteiger partial charge in [-0.25, -0.2) is 4.98 Å². The number of hydrogen-bond acceptors (Lipinski definition) is 7. The fourth-order valence-electron chi connectivity index (χ4n) is 4.96. The highest BCUT2D eigenvalue weighted by atomic mass is 16.5. The Hall–Kier alpha value is -3.32. The highest BCUT2D eigenvalue weighted by molar-refractivity contribution is 5.89. The molecule has 198 valence electrons. The minimum atomic E-state index is 0.547. The lowest BCUT2D eigenvalue weighted by Gasteiger charge is -2.28. The first-order valence-electron chi connectivity index (χ1n) is 13.6. The Morgan fingerprint density at radius 3 is 2.62 bits per heavy atom. The van der Waals surface area contributed by atoms with Crippen LogP contribution >= 0.6 is 0 Å². The summed E-state index contributed by atoms with van der Waals surface area (Å²) in [6.45, 7) is 9.12. The molecule has 0 spiro atoms. The quantitative estimate of drug-likeness (QED) is 0.354. The number of allylic oxidation sites excluding steroid dienone is 9. The number of fused-ring (bicyclic) bond motifs is 1. The van der Waals surface area contributed by atoms with E-state index in [9.17, 15) is 0 Å². The van der Waals surface area contributed by atoms with Crippen LogP contribution in [0.2, 0.25) is 0 Å². The van der Waals surface area contributed by atoms with Gasteiger partial charge in [0.15, 0.2) is 11.4 Å². The average Bonchev–Trinajstić information content (AvgIpc) is 3.61. The Balaban J connectivity index is 1.73. The molecule has 1 aliphatic carbocycles. The molecule has 1 aliphatic heterocycles. The van der Waals surface area contributed by atoms with Gasteiger partial charge in [0, 0.05) is 31.8 Å². The molecule has 2 fully saturated rings. The Morgan fingerprint density at radius 2 is 1.95 bits per heavy atom. The molecular formula is C30H41N5O2. The summed E-state index contributed by atoms with van der Waals surface area (Å²) < 4.78 is 12.0. The molecule has 2 aliphatic rings. The van der Waals surface area contributed by atoms with Crippen LogP contribution in [0.15, 0.2) is 64.4 Å². The number of hydrogen-bond donors (Lipinski definition) is 2. The summed E-state index contributed by atoms with van der Waals surface area (Å²) in [5.41, 5.74) is 3.84. The molecule has 3 heterocycles. The highest BCUT2D eigenvalue weighted by Gasteiger charge is 2.22. The number of nitrogens with zero attached hydrogens (tertiary/aromatic N) is 3. The number of rotatable bonds is 10. The zero-order valence-corrected chi connectivity index (χ0v) is 22.7. The molecule has 37 heavy (non-hydrogen) atoms. The lowest BCUT2D eigenvalue weighted by Crippen LogP contribution is -2.37. The van der Waals surface area contributed by atoms with Crippen molar-refractivity contribution < 1.29 is 9.15 Å². The molecule has 2 aromatic heterocycles.